The first-order valence-electron chi connectivity index (χ1n) is 8.68. The summed E-state index contributed by atoms with van der Waals surface area (Å²) in [4.78, 5) is 13.0. The SMILES string of the molecule is CCC[N+](C)(CCC)CC1=Cc2cccc3cccc(c23)C1=O.[Cl-]. The topological polar surface area (TPSA) is 17.1 Å². The highest BCUT2D eigenvalue weighted by Gasteiger charge is 2.28. The summed E-state index contributed by atoms with van der Waals surface area (Å²) in [6.45, 7) is 7.50. The number of nitrogens with zero attached hydrogens (tertiary/aromatic N) is 1. The Morgan fingerprint density at radius 1 is 0.958 bits per heavy atom. The molecule has 0 spiro atoms. The fourth-order valence-electron chi connectivity index (χ4n) is 3.98. The van der Waals surface area contributed by atoms with Crippen molar-refractivity contribution in [1.82, 2.24) is 0 Å². The number of carbonyl (C=O) groups is 1. The lowest BCUT2D eigenvalue weighted by atomic mass is 9.87. The van der Waals surface area contributed by atoms with Crippen LogP contribution in [0.2, 0.25) is 0 Å². The van der Waals surface area contributed by atoms with E-state index in [9.17, 15) is 4.79 Å². The quantitative estimate of drug-likeness (QED) is 0.730. The predicted octanol–water partition coefficient (Wildman–Crippen LogP) is 1.69. The van der Waals surface area contributed by atoms with Gasteiger partial charge >= 0.3 is 0 Å². The summed E-state index contributed by atoms with van der Waals surface area (Å²) in [7, 11) is 2.28. The standard InChI is InChI=1S/C21H26NO.ClH/c1-4-12-22(3,13-5-2)15-18-14-17-10-6-8-16-9-7-11-19(20(16)17)21(18)23;/h6-11,14H,4-5,12-13,15H2,1-3H3;1H/q+1;/p-1. The average Bonchev–Trinajstić information content (AvgIpc) is 2.52. The Bertz CT molecular complexity index is 767. The third-order valence-corrected chi connectivity index (χ3v) is 4.88. The molecule has 2 nitrogen and oxygen atoms in total. The fraction of sp³-hybridized carbons (Fsp3) is 0.381. The van der Waals surface area contributed by atoms with Crippen molar-refractivity contribution < 1.29 is 21.7 Å². The number of hydrogen-bond acceptors (Lipinski definition) is 1. The van der Waals surface area contributed by atoms with Crippen LogP contribution in [-0.4, -0.2) is 36.9 Å². The van der Waals surface area contributed by atoms with Gasteiger partial charge in [0.05, 0.1) is 25.7 Å². The van der Waals surface area contributed by atoms with Crippen LogP contribution in [0.15, 0.2) is 42.0 Å². The molecular formula is C21H26ClNO. The molecule has 0 bridgehead atoms. The lowest BCUT2D eigenvalue weighted by Gasteiger charge is -2.35. The van der Waals surface area contributed by atoms with E-state index in [4.69, 9.17) is 0 Å². The molecule has 0 heterocycles. The summed E-state index contributed by atoms with van der Waals surface area (Å²) in [6.07, 6.45) is 4.41. The van der Waals surface area contributed by atoms with Gasteiger partial charge in [0.15, 0.2) is 5.78 Å². The summed E-state index contributed by atoms with van der Waals surface area (Å²) in [5.41, 5.74) is 3.02. The molecule has 0 atom stereocenters. The van der Waals surface area contributed by atoms with Gasteiger partial charge in [-0.1, -0.05) is 50.2 Å². The molecule has 0 aliphatic heterocycles. The molecule has 1 aliphatic rings. The van der Waals surface area contributed by atoms with Gasteiger partial charge in [-0.25, -0.2) is 0 Å². The van der Waals surface area contributed by atoms with Gasteiger partial charge in [-0.15, -0.1) is 0 Å². The number of carbonyl (C=O) groups excluding carboxylic acids is 1. The molecule has 0 saturated heterocycles. The minimum atomic E-state index is 0. The number of benzene rings is 2. The highest BCUT2D eigenvalue weighted by molar-refractivity contribution is 6.22. The van der Waals surface area contributed by atoms with E-state index in [2.05, 4.69) is 51.2 Å². The maximum atomic E-state index is 13.0. The van der Waals surface area contributed by atoms with Gasteiger partial charge in [0, 0.05) is 10.9 Å². The van der Waals surface area contributed by atoms with Crippen molar-refractivity contribution in [3.63, 3.8) is 0 Å². The Kier molecular flexibility index (Phi) is 5.84. The van der Waals surface area contributed by atoms with Crippen LogP contribution in [0, 0.1) is 0 Å². The Labute approximate surface area is 151 Å². The molecule has 2 aromatic carbocycles. The van der Waals surface area contributed by atoms with E-state index in [1.807, 2.05) is 12.1 Å². The number of halogens is 1. The molecule has 128 valence electrons. The number of ketones is 1. The van der Waals surface area contributed by atoms with Crippen LogP contribution in [0.25, 0.3) is 16.8 Å². The average molecular weight is 344 g/mol. The smallest absolute Gasteiger partial charge is 0.195 e. The van der Waals surface area contributed by atoms with Crippen LogP contribution in [0.3, 0.4) is 0 Å². The summed E-state index contributed by atoms with van der Waals surface area (Å²) in [6, 6.07) is 12.4. The van der Waals surface area contributed by atoms with Crippen LogP contribution in [-0.2, 0) is 0 Å². The first kappa shape index (κ1) is 18.7. The predicted molar refractivity (Wildman–Crippen MR) is 97.6 cm³/mol. The fourth-order valence-corrected chi connectivity index (χ4v) is 3.98. The second kappa shape index (κ2) is 7.50. The van der Waals surface area contributed by atoms with Gasteiger partial charge < -0.3 is 16.9 Å². The highest BCUT2D eigenvalue weighted by atomic mass is 35.5. The number of quaternary nitrogens is 1. The van der Waals surface area contributed by atoms with E-state index >= 15 is 0 Å². The first-order chi connectivity index (χ1) is 11.1. The van der Waals surface area contributed by atoms with E-state index in [1.165, 1.54) is 5.56 Å². The largest absolute Gasteiger partial charge is 1.00 e. The molecule has 1 aliphatic carbocycles. The van der Waals surface area contributed by atoms with Crippen molar-refractivity contribution >= 4 is 22.6 Å². The molecule has 0 radical (unpaired) electrons. The zero-order valence-electron chi connectivity index (χ0n) is 14.8. The van der Waals surface area contributed by atoms with Crippen molar-refractivity contribution in [3.05, 3.63) is 53.1 Å². The molecule has 0 aromatic heterocycles. The zero-order valence-corrected chi connectivity index (χ0v) is 15.6. The van der Waals surface area contributed by atoms with E-state index in [1.54, 1.807) is 0 Å². The molecule has 3 heteroatoms. The lowest BCUT2D eigenvalue weighted by molar-refractivity contribution is -0.904. The van der Waals surface area contributed by atoms with Crippen LogP contribution in [0.4, 0.5) is 0 Å². The minimum absolute atomic E-state index is 0. The van der Waals surface area contributed by atoms with Gasteiger partial charge in [-0.2, -0.15) is 0 Å². The number of Topliss-reactive ketones (excluding diaryl/α,β-unsaturated/α-hetero) is 1. The third kappa shape index (κ3) is 3.40. The summed E-state index contributed by atoms with van der Waals surface area (Å²) in [5, 5.41) is 2.27. The third-order valence-electron chi connectivity index (χ3n) is 4.88. The van der Waals surface area contributed by atoms with Gasteiger partial charge in [-0.3, -0.25) is 4.79 Å². The molecule has 0 fully saturated rings. The molecule has 0 N–H and O–H groups in total. The summed E-state index contributed by atoms with van der Waals surface area (Å²) in [5.74, 6) is 0.214. The van der Waals surface area contributed by atoms with Crippen LogP contribution >= 0.6 is 0 Å². The van der Waals surface area contributed by atoms with Crippen LogP contribution < -0.4 is 12.4 Å². The van der Waals surface area contributed by atoms with E-state index in [-0.39, 0.29) is 18.2 Å². The monoisotopic (exact) mass is 343 g/mol. The Morgan fingerprint density at radius 3 is 2.21 bits per heavy atom. The highest BCUT2D eigenvalue weighted by Crippen LogP contribution is 2.32. The van der Waals surface area contributed by atoms with E-state index < -0.39 is 0 Å². The Hall–Kier alpha value is -1.64. The van der Waals surface area contributed by atoms with Gasteiger partial charge in [0.2, 0.25) is 0 Å². The minimum Gasteiger partial charge on any atom is -1.00 e. The van der Waals surface area contributed by atoms with Crippen molar-refractivity contribution in [2.24, 2.45) is 0 Å². The zero-order chi connectivity index (χ0) is 16.4. The summed E-state index contributed by atoms with van der Waals surface area (Å²) >= 11 is 0. The Balaban J connectivity index is 0.00000208. The molecular weight excluding hydrogens is 318 g/mol. The molecule has 0 unspecified atom stereocenters. The number of likely N-dealkylation sites (N-methyl/N-ethyl adjacent to an activating group) is 1. The molecule has 0 amide bonds. The van der Waals surface area contributed by atoms with Gasteiger partial charge in [0.1, 0.15) is 6.54 Å². The van der Waals surface area contributed by atoms with Crippen molar-refractivity contribution in [2.75, 3.05) is 26.7 Å². The maximum absolute atomic E-state index is 13.0. The van der Waals surface area contributed by atoms with E-state index in [0.717, 1.165) is 58.9 Å². The molecule has 0 saturated carbocycles. The molecule has 2 aromatic rings. The van der Waals surface area contributed by atoms with Crippen molar-refractivity contribution in [1.29, 1.82) is 0 Å². The van der Waals surface area contributed by atoms with Crippen LogP contribution in [0.1, 0.15) is 42.6 Å². The molecule has 3 rings (SSSR count). The summed E-state index contributed by atoms with van der Waals surface area (Å²) < 4.78 is 0.947. The number of rotatable bonds is 6. The second-order valence-corrected chi connectivity index (χ2v) is 6.97. The second-order valence-electron chi connectivity index (χ2n) is 6.97. The van der Waals surface area contributed by atoms with E-state index in [0.29, 0.717) is 0 Å². The molecule has 24 heavy (non-hydrogen) atoms. The van der Waals surface area contributed by atoms with Gasteiger partial charge in [0.25, 0.3) is 0 Å². The first-order valence-corrected chi connectivity index (χ1v) is 8.68. The lowest BCUT2D eigenvalue weighted by Crippen LogP contribution is -3.00. The maximum Gasteiger partial charge on any atom is 0.195 e. The van der Waals surface area contributed by atoms with Crippen LogP contribution in [0.5, 0.6) is 0 Å². The van der Waals surface area contributed by atoms with Crippen molar-refractivity contribution in [3.8, 4) is 0 Å². The van der Waals surface area contributed by atoms with Crippen molar-refractivity contribution in [2.45, 2.75) is 26.7 Å². The number of hydrogen-bond donors (Lipinski definition) is 0. The Morgan fingerprint density at radius 2 is 1.58 bits per heavy atom. The normalized spacial score (nSPS) is 13.6. The van der Waals surface area contributed by atoms with Gasteiger partial charge in [-0.05, 0) is 29.9 Å².